The first kappa shape index (κ1) is 44.9. The number of hydrogen-bond donors (Lipinski definition) is 4. The molecule has 0 spiro atoms. The smallest absolute Gasteiger partial charge is 0.407 e. The van der Waals surface area contributed by atoms with Gasteiger partial charge in [-0.1, -0.05) is 66.3 Å². The summed E-state index contributed by atoms with van der Waals surface area (Å²) in [5, 5.41) is 6.27. The Morgan fingerprint density at radius 1 is 0.846 bits per heavy atom. The van der Waals surface area contributed by atoms with Gasteiger partial charge >= 0.3 is 12.2 Å². The van der Waals surface area contributed by atoms with Crippen LogP contribution >= 0.6 is 0 Å². The number of carbonyl (C=O) groups is 4. The van der Waals surface area contributed by atoms with Crippen LogP contribution in [0.1, 0.15) is 96.3 Å². The lowest BCUT2D eigenvalue weighted by atomic mass is 9.99. The van der Waals surface area contributed by atoms with E-state index >= 15 is 4.39 Å². The third-order valence-electron chi connectivity index (χ3n) is 12.9. The number of H-pyrrole nitrogens is 2. The van der Waals surface area contributed by atoms with Crippen LogP contribution in [0.15, 0.2) is 55.4 Å². The van der Waals surface area contributed by atoms with Crippen LogP contribution in [0.3, 0.4) is 0 Å². The number of aromatic nitrogens is 5. The number of carbonyl (C=O) groups excluding carboxylic acids is 4. The average molecular weight is 892 g/mol. The highest BCUT2D eigenvalue weighted by atomic mass is 19.1. The number of fused-ring (bicyclic) bond motifs is 5. The lowest BCUT2D eigenvalue weighted by molar-refractivity contribution is -0.136. The molecule has 8 rings (SSSR count). The summed E-state index contributed by atoms with van der Waals surface area (Å²) in [5.74, 6) is 0.950. The van der Waals surface area contributed by atoms with Gasteiger partial charge in [-0.2, -0.15) is 0 Å². The number of alkyl carbamates (subject to hydrolysis) is 2. The van der Waals surface area contributed by atoms with Gasteiger partial charge in [0.2, 0.25) is 11.8 Å². The summed E-state index contributed by atoms with van der Waals surface area (Å²) in [6.07, 6.45) is 3.99. The van der Waals surface area contributed by atoms with E-state index in [-0.39, 0.29) is 48.9 Å². The van der Waals surface area contributed by atoms with Gasteiger partial charge in [0.05, 0.1) is 67.8 Å². The molecule has 65 heavy (non-hydrogen) atoms. The highest BCUT2D eigenvalue weighted by Crippen LogP contribution is 2.49. The maximum atomic E-state index is 15.0. The largest absolute Gasteiger partial charge is 0.469 e. The van der Waals surface area contributed by atoms with E-state index in [1.807, 2.05) is 52.0 Å². The Balaban J connectivity index is 1.09. The number of methoxy groups -OCH3 is 2. The lowest BCUT2D eigenvalue weighted by Crippen LogP contribution is -2.51. The molecule has 0 aliphatic carbocycles. The molecule has 2 fully saturated rings. The first-order valence-electron chi connectivity index (χ1n) is 22.3. The molecule has 6 heterocycles. The van der Waals surface area contributed by atoms with E-state index in [1.54, 1.807) is 17.3 Å². The summed E-state index contributed by atoms with van der Waals surface area (Å²) in [7, 11) is 2.51. The van der Waals surface area contributed by atoms with Gasteiger partial charge in [-0.05, 0) is 48.9 Å². The topological polar surface area (TPSA) is 189 Å². The Kier molecular flexibility index (Phi) is 12.5. The standard InChI is InChI=1S/C48H58FN9O7/c1-10-30-32-18-27(33-21-51-43(53-33)37-20-29(49)23-57(37)45(60)40(25(4)5)55-48(62)64-9)14-16-35(32)58-41(30)31-15-13-28(19-38(31)65-46(58)26(6)7)34-22-50-42(52-34)36-12-11-17-56(36)44(59)39(24(2)3)54-47(61)63-8/h10,13-16,18-19,21-22,24-26,29,36-37,39-40,46H,1,11-12,17,20,23H2,2-9H3,(H,50,52)(H,51,53)(H,54,61)(H,55,62). The molecular weight excluding hydrogens is 834 g/mol. The summed E-state index contributed by atoms with van der Waals surface area (Å²) >= 11 is 0. The number of amides is 4. The fraction of sp³-hybridized carbons (Fsp3) is 0.458. The zero-order chi connectivity index (χ0) is 46.4. The van der Waals surface area contributed by atoms with Crippen LogP contribution in [0.4, 0.5) is 14.0 Å². The highest BCUT2D eigenvalue weighted by molar-refractivity contribution is 6.01. The zero-order valence-corrected chi connectivity index (χ0v) is 38.1. The van der Waals surface area contributed by atoms with Gasteiger partial charge in [-0.25, -0.2) is 23.9 Å². The summed E-state index contributed by atoms with van der Waals surface area (Å²) in [4.78, 5) is 71.2. The predicted octanol–water partition coefficient (Wildman–Crippen LogP) is 8.31. The Morgan fingerprint density at radius 3 is 2.02 bits per heavy atom. The van der Waals surface area contributed by atoms with Crippen LogP contribution in [0.2, 0.25) is 0 Å². The van der Waals surface area contributed by atoms with E-state index < -0.39 is 42.4 Å². The number of nitrogens with zero attached hydrogens (tertiary/aromatic N) is 5. The molecule has 3 aliphatic heterocycles. The van der Waals surface area contributed by atoms with Crippen molar-refractivity contribution in [3.8, 4) is 39.5 Å². The summed E-state index contributed by atoms with van der Waals surface area (Å²) in [5.41, 5.74) is 6.98. The van der Waals surface area contributed by atoms with Crippen LogP contribution in [0, 0.1) is 17.8 Å². The zero-order valence-electron chi connectivity index (χ0n) is 38.1. The average Bonchev–Trinajstić information content (AvgIpc) is 4.15. The minimum atomic E-state index is -1.25. The van der Waals surface area contributed by atoms with Gasteiger partial charge in [0.1, 0.15) is 35.7 Å². The molecule has 0 bridgehead atoms. The van der Waals surface area contributed by atoms with Crippen molar-refractivity contribution >= 4 is 41.0 Å². The number of likely N-dealkylation sites (tertiary alicyclic amines) is 2. The van der Waals surface area contributed by atoms with Crippen LogP contribution < -0.4 is 15.4 Å². The molecule has 3 aromatic heterocycles. The van der Waals surface area contributed by atoms with Crippen molar-refractivity contribution in [3.63, 3.8) is 0 Å². The van der Waals surface area contributed by atoms with Crippen molar-refractivity contribution in [2.24, 2.45) is 17.8 Å². The van der Waals surface area contributed by atoms with Crippen molar-refractivity contribution in [2.45, 2.75) is 97.4 Å². The Morgan fingerprint density at radius 2 is 1.43 bits per heavy atom. The van der Waals surface area contributed by atoms with Crippen molar-refractivity contribution in [3.05, 3.63) is 72.6 Å². The lowest BCUT2D eigenvalue weighted by Gasteiger charge is -2.33. The number of alkyl halides is 1. The van der Waals surface area contributed by atoms with Crippen LogP contribution in [-0.2, 0) is 19.1 Å². The van der Waals surface area contributed by atoms with Gasteiger partial charge < -0.3 is 49.2 Å². The molecule has 2 aromatic carbocycles. The van der Waals surface area contributed by atoms with Crippen molar-refractivity contribution in [1.29, 1.82) is 0 Å². The molecule has 2 saturated heterocycles. The van der Waals surface area contributed by atoms with Crippen molar-refractivity contribution in [2.75, 3.05) is 27.3 Å². The van der Waals surface area contributed by atoms with E-state index in [0.29, 0.717) is 29.6 Å². The fourth-order valence-corrected chi connectivity index (χ4v) is 9.52. The van der Waals surface area contributed by atoms with E-state index in [2.05, 4.69) is 68.8 Å². The molecule has 17 heteroatoms. The van der Waals surface area contributed by atoms with Gasteiger partial charge in [0.25, 0.3) is 0 Å². The second kappa shape index (κ2) is 18.1. The number of rotatable bonds is 12. The van der Waals surface area contributed by atoms with Crippen LogP contribution in [0.25, 0.3) is 50.8 Å². The number of imidazole rings is 2. The number of aromatic amines is 2. The van der Waals surface area contributed by atoms with Gasteiger partial charge in [0.15, 0.2) is 6.23 Å². The van der Waals surface area contributed by atoms with Gasteiger partial charge in [-0.3, -0.25) is 9.59 Å². The number of ether oxygens (including phenoxy) is 3. The minimum absolute atomic E-state index is 0.0729. The van der Waals surface area contributed by atoms with Crippen molar-refractivity contribution in [1.82, 2.24) is 44.9 Å². The number of nitrogens with one attached hydrogen (secondary N) is 4. The fourth-order valence-electron chi connectivity index (χ4n) is 9.52. The second-order valence-corrected chi connectivity index (χ2v) is 18.1. The molecule has 6 atom stereocenters. The molecule has 3 aliphatic rings. The summed E-state index contributed by atoms with van der Waals surface area (Å²) < 4.78 is 33.7. The second-order valence-electron chi connectivity index (χ2n) is 18.1. The van der Waals surface area contributed by atoms with Crippen LogP contribution in [0.5, 0.6) is 5.75 Å². The molecule has 4 N–H and O–H groups in total. The van der Waals surface area contributed by atoms with Crippen molar-refractivity contribution < 1.29 is 37.8 Å². The predicted molar refractivity (Wildman–Crippen MR) is 243 cm³/mol. The molecule has 344 valence electrons. The molecule has 5 aromatic rings. The van der Waals surface area contributed by atoms with E-state index in [9.17, 15) is 19.2 Å². The van der Waals surface area contributed by atoms with E-state index in [4.69, 9.17) is 19.2 Å². The summed E-state index contributed by atoms with van der Waals surface area (Å²) in [6.45, 7) is 16.4. The number of hydrogen-bond acceptors (Lipinski definition) is 9. The maximum Gasteiger partial charge on any atom is 0.407 e. The molecular formula is C48H58FN9O7. The first-order valence-corrected chi connectivity index (χ1v) is 22.3. The Hall–Kier alpha value is -6.65. The number of benzene rings is 2. The third kappa shape index (κ3) is 8.32. The maximum absolute atomic E-state index is 15.0. The Bertz CT molecular complexity index is 2630. The number of halogens is 1. The molecule has 0 radical (unpaired) electrons. The van der Waals surface area contributed by atoms with Crippen LogP contribution in [-0.4, -0.2) is 104 Å². The monoisotopic (exact) mass is 891 g/mol. The van der Waals surface area contributed by atoms with E-state index in [1.165, 1.54) is 19.1 Å². The quantitative estimate of drug-likeness (QED) is 0.0955. The van der Waals surface area contributed by atoms with Gasteiger partial charge in [-0.15, -0.1) is 0 Å². The summed E-state index contributed by atoms with van der Waals surface area (Å²) in [6, 6.07) is 9.71. The molecule has 16 nitrogen and oxygen atoms in total. The molecule has 0 saturated carbocycles. The van der Waals surface area contributed by atoms with Gasteiger partial charge in [0, 0.05) is 46.5 Å². The van der Waals surface area contributed by atoms with E-state index in [0.717, 1.165) is 57.4 Å². The Labute approximate surface area is 377 Å². The first-order chi connectivity index (χ1) is 31.1. The molecule has 4 amide bonds. The third-order valence-corrected chi connectivity index (χ3v) is 12.9. The molecule has 6 unspecified atom stereocenters. The SMILES string of the molecule is C=Cc1c2n(c3ccc(-c4cnc(C5CC(F)CN5C(=O)C(NC(=O)OC)C(C)C)[nH]4)cc13)C(C(C)C)Oc1cc(-c3cnc(C4CCCN4C(=O)C(NC(=O)OC)C(C)C)[nH]3)ccc1-2. The highest BCUT2D eigenvalue weighted by Gasteiger charge is 2.42. The normalized spacial score (nSPS) is 20.1. The minimum Gasteiger partial charge on any atom is -0.469 e.